The molecule has 1 aromatic rings. The number of fused-ring (bicyclic) bond motifs is 1. The van der Waals surface area contributed by atoms with Crippen molar-refractivity contribution >= 4 is 23.3 Å². The van der Waals surface area contributed by atoms with E-state index in [4.69, 9.17) is 0 Å². The van der Waals surface area contributed by atoms with Crippen LogP contribution in [-0.4, -0.2) is 30.2 Å². The quantitative estimate of drug-likeness (QED) is 0.856. The molecule has 1 N–H and O–H groups in total. The van der Waals surface area contributed by atoms with E-state index in [-0.39, 0.29) is 29.8 Å². The third-order valence-electron chi connectivity index (χ3n) is 3.63. The third kappa shape index (κ3) is 2.79. The van der Waals surface area contributed by atoms with Gasteiger partial charge in [0.15, 0.2) is 0 Å². The summed E-state index contributed by atoms with van der Waals surface area (Å²) in [5.74, 6) is -2.53. The molecular weight excluding hydrogens is 275 g/mol. The molecule has 21 heavy (non-hydrogen) atoms. The van der Waals surface area contributed by atoms with E-state index in [1.165, 1.54) is 12.1 Å². The number of benzene rings is 1. The highest BCUT2D eigenvalue weighted by Gasteiger charge is 2.38. The number of carbonyl (C=O) groups excluding carboxylic acids is 3. The number of nitrogens with one attached hydrogen (secondary N) is 1. The van der Waals surface area contributed by atoms with Gasteiger partial charge in [0.2, 0.25) is 5.91 Å². The Hall–Kier alpha value is -2.24. The van der Waals surface area contributed by atoms with Gasteiger partial charge in [0.1, 0.15) is 12.4 Å². The maximum atomic E-state index is 13.9. The second-order valence-corrected chi connectivity index (χ2v) is 5.46. The zero-order valence-electron chi connectivity index (χ0n) is 12.1. The zero-order valence-corrected chi connectivity index (χ0v) is 12.1. The van der Waals surface area contributed by atoms with Gasteiger partial charge in [-0.1, -0.05) is 19.9 Å². The number of nitrogens with zero attached hydrogens (tertiary/aromatic N) is 1. The maximum Gasteiger partial charge on any atom is 0.300 e. The first-order valence-corrected chi connectivity index (χ1v) is 6.77. The average Bonchev–Trinajstić information content (AvgIpc) is 2.65. The Morgan fingerprint density at radius 2 is 1.95 bits per heavy atom. The first kappa shape index (κ1) is 15.2. The molecule has 112 valence electrons. The predicted octanol–water partition coefficient (Wildman–Crippen LogP) is 1.52. The minimum Gasteiger partial charge on any atom is -0.352 e. The van der Waals surface area contributed by atoms with Crippen LogP contribution in [0.4, 0.5) is 10.1 Å². The Bertz CT molecular complexity index is 613. The molecule has 0 aliphatic carbocycles. The molecule has 2 rings (SSSR count). The van der Waals surface area contributed by atoms with E-state index in [0.29, 0.717) is 0 Å². The van der Waals surface area contributed by atoms with Gasteiger partial charge in [-0.25, -0.2) is 4.39 Å². The van der Waals surface area contributed by atoms with Crippen molar-refractivity contribution in [3.05, 3.63) is 29.6 Å². The molecular formula is C15H17FN2O3. The molecule has 1 unspecified atom stereocenters. The SMILES string of the molecule is CC(C)C(C)NC(=O)CN1C(=O)C(=O)c2cccc(F)c21. The average molecular weight is 292 g/mol. The summed E-state index contributed by atoms with van der Waals surface area (Å²) in [7, 11) is 0. The third-order valence-corrected chi connectivity index (χ3v) is 3.63. The molecule has 1 heterocycles. The number of para-hydroxylation sites is 1. The largest absolute Gasteiger partial charge is 0.352 e. The van der Waals surface area contributed by atoms with Crippen LogP contribution in [0.2, 0.25) is 0 Å². The maximum absolute atomic E-state index is 13.9. The number of carbonyl (C=O) groups is 3. The molecule has 5 nitrogen and oxygen atoms in total. The lowest BCUT2D eigenvalue weighted by Crippen LogP contribution is -2.44. The van der Waals surface area contributed by atoms with Gasteiger partial charge >= 0.3 is 0 Å². The fraction of sp³-hybridized carbons (Fsp3) is 0.400. The topological polar surface area (TPSA) is 66.5 Å². The van der Waals surface area contributed by atoms with Gasteiger partial charge in [0.05, 0.1) is 11.3 Å². The molecule has 0 fully saturated rings. The van der Waals surface area contributed by atoms with Gasteiger partial charge in [-0.3, -0.25) is 19.3 Å². The minimum absolute atomic E-state index is 0.00436. The molecule has 1 aliphatic rings. The number of rotatable bonds is 4. The number of hydrogen-bond donors (Lipinski definition) is 1. The van der Waals surface area contributed by atoms with Crippen LogP contribution in [0, 0.1) is 11.7 Å². The molecule has 0 bridgehead atoms. The van der Waals surface area contributed by atoms with Gasteiger partial charge in [-0.15, -0.1) is 0 Å². The van der Waals surface area contributed by atoms with E-state index in [1.54, 1.807) is 0 Å². The monoisotopic (exact) mass is 292 g/mol. The molecule has 6 heteroatoms. The fourth-order valence-corrected chi connectivity index (χ4v) is 2.07. The van der Waals surface area contributed by atoms with Crippen LogP contribution in [0.1, 0.15) is 31.1 Å². The van der Waals surface area contributed by atoms with Crippen LogP contribution in [0.25, 0.3) is 0 Å². The highest BCUT2D eigenvalue weighted by Crippen LogP contribution is 2.31. The van der Waals surface area contributed by atoms with Crippen molar-refractivity contribution in [2.75, 3.05) is 11.4 Å². The summed E-state index contributed by atoms with van der Waals surface area (Å²) in [6.45, 7) is 5.37. The normalized spacial score (nSPS) is 15.4. The van der Waals surface area contributed by atoms with Crippen molar-refractivity contribution in [1.29, 1.82) is 0 Å². The van der Waals surface area contributed by atoms with Gasteiger partial charge in [0, 0.05) is 6.04 Å². The number of halogens is 1. The van der Waals surface area contributed by atoms with Gasteiger partial charge in [-0.2, -0.15) is 0 Å². The van der Waals surface area contributed by atoms with E-state index in [9.17, 15) is 18.8 Å². The molecule has 1 aliphatic heterocycles. The van der Waals surface area contributed by atoms with Crippen LogP contribution >= 0.6 is 0 Å². The van der Waals surface area contributed by atoms with E-state index in [0.717, 1.165) is 11.0 Å². The molecule has 0 spiro atoms. The Balaban J connectivity index is 2.21. The summed E-state index contributed by atoms with van der Waals surface area (Å²) < 4.78 is 13.9. The first-order chi connectivity index (χ1) is 9.82. The summed E-state index contributed by atoms with van der Waals surface area (Å²) in [6, 6.07) is 3.83. The number of anilines is 1. The van der Waals surface area contributed by atoms with Crippen LogP contribution in [-0.2, 0) is 9.59 Å². The summed E-state index contributed by atoms with van der Waals surface area (Å²) in [4.78, 5) is 36.5. The van der Waals surface area contributed by atoms with Crippen molar-refractivity contribution in [3.63, 3.8) is 0 Å². The summed E-state index contributed by atoms with van der Waals surface area (Å²) in [5, 5.41) is 2.73. The van der Waals surface area contributed by atoms with E-state index >= 15 is 0 Å². The summed E-state index contributed by atoms with van der Waals surface area (Å²) >= 11 is 0. The van der Waals surface area contributed by atoms with Crippen molar-refractivity contribution in [2.24, 2.45) is 5.92 Å². The molecule has 0 radical (unpaired) electrons. The number of ketones is 1. The highest BCUT2D eigenvalue weighted by molar-refractivity contribution is 6.52. The molecule has 0 aromatic heterocycles. The lowest BCUT2D eigenvalue weighted by molar-refractivity contribution is -0.122. The van der Waals surface area contributed by atoms with E-state index < -0.39 is 23.4 Å². The standard InChI is InChI=1S/C15H17FN2O3/c1-8(2)9(3)17-12(19)7-18-13-10(14(20)15(18)21)5-4-6-11(13)16/h4-6,8-9H,7H2,1-3H3,(H,17,19). The smallest absolute Gasteiger partial charge is 0.300 e. The minimum atomic E-state index is -0.873. The van der Waals surface area contributed by atoms with Gasteiger partial charge < -0.3 is 5.32 Å². The van der Waals surface area contributed by atoms with Crippen molar-refractivity contribution in [1.82, 2.24) is 5.32 Å². The predicted molar refractivity (Wildman–Crippen MR) is 75.5 cm³/mol. The van der Waals surface area contributed by atoms with Crippen molar-refractivity contribution in [2.45, 2.75) is 26.8 Å². The van der Waals surface area contributed by atoms with Gasteiger partial charge in [-0.05, 0) is 25.0 Å². The number of hydrogen-bond acceptors (Lipinski definition) is 3. The Labute approximate surface area is 122 Å². The molecule has 0 saturated carbocycles. The Kier molecular flexibility index (Phi) is 4.06. The number of Topliss-reactive ketones (excluding diaryl/α,β-unsaturated/α-hetero) is 1. The highest BCUT2D eigenvalue weighted by atomic mass is 19.1. The Morgan fingerprint density at radius 1 is 1.29 bits per heavy atom. The lowest BCUT2D eigenvalue weighted by atomic mass is 10.1. The second kappa shape index (κ2) is 5.63. The van der Waals surface area contributed by atoms with E-state index in [2.05, 4.69) is 5.32 Å². The van der Waals surface area contributed by atoms with Crippen molar-refractivity contribution < 1.29 is 18.8 Å². The fourth-order valence-electron chi connectivity index (χ4n) is 2.07. The lowest BCUT2D eigenvalue weighted by Gasteiger charge is -2.21. The second-order valence-electron chi connectivity index (χ2n) is 5.46. The Morgan fingerprint density at radius 3 is 2.57 bits per heavy atom. The first-order valence-electron chi connectivity index (χ1n) is 6.77. The van der Waals surface area contributed by atoms with E-state index in [1.807, 2.05) is 20.8 Å². The molecule has 1 atom stereocenters. The van der Waals surface area contributed by atoms with Crippen LogP contribution in [0.15, 0.2) is 18.2 Å². The van der Waals surface area contributed by atoms with Crippen LogP contribution < -0.4 is 10.2 Å². The summed E-state index contributed by atoms with van der Waals surface area (Å²) in [5.41, 5.74) is -0.107. The number of amides is 2. The zero-order chi connectivity index (χ0) is 15.7. The van der Waals surface area contributed by atoms with Crippen LogP contribution in [0.5, 0.6) is 0 Å². The molecule has 1 aromatic carbocycles. The molecule has 2 amide bonds. The molecule has 0 saturated heterocycles. The van der Waals surface area contributed by atoms with Crippen LogP contribution in [0.3, 0.4) is 0 Å². The van der Waals surface area contributed by atoms with Gasteiger partial charge in [0.25, 0.3) is 11.7 Å². The van der Waals surface area contributed by atoms with Crippen molar-refractivity contribution in [3.8, 4) is 0 Å². The summed E-state index contributed by atoms with van der Waals surface area (Å²) in [6.07, 6.45) is 0.